The van der Waals surface area contributed by atoms with Crippen molar-refractivity contribution in [2.45, 2.75) is 59.9 Å². The summed E-state index contributed by atoms with van der Waals surface area (Å²) in [6, 6.07) is 0.716. The Morgan fingerprint density at radius 1 is 1.04 bits per heavy atom. The predicted molar refractivity (Wildman–Crippen MR) is 101 cm³/mol. The Morgan fingerprint density at radius 3 is 2.25 bits per heavy atom. The summed E-state index contributed by atoms with van der Waals surface area (Å²) in [7, 11) is 0. The molecule has 1 unspecified atom stereocenters. The van der Waals surface area contributed by atoms with E-state index in [1.54, 1.807) is 0 Å². The van der Waals surface area contributed by atoms with Gasteiger partial charge >= 0.3 is 0 Å². The SMILES string of the molecule is CCC1CN(CC(C)C)CCN1CC1CCN(C(=O)C(C)C)CC1. The third-order valence-corrected chi connectivity index (χ3v) is 5.70. The van der Waals surface area contributed by atoms with Crippen LogP contribution in [-0.4, -0.2) is 72.5 Å². The highest BCUT2D eigenvalue weighted by Crippen LogP contribution is 2.23. The van der Waals surface area contributed by atoms with Gasteiger partial charge in [0, 0.05) is 57.8 Å². The van der Waals surface area contributed by atoms with Crippen molar-refractivity contribution in [2.75, 3.05) is 45.8 Å². The average molecular weight is 338 g/mol. The number of piperazine rings is 1. The monoisotopic (exact) mass is 337 g/mol. The number of carbonyl (C=O) groups is 1. The standard InChI is InChI=1S/C20H39N3O/c1-6-19-15-21(13-16(2)3)11-12-23(19)14-18-7-9-22(10-8-18)20(24)17(4)5/h16-19H,6-15H2,1-5H3. The Balaban J connectivity index is 1.79. The molecule has 140 valence electrons. The van der Waals surface area contributed by atoms with Gasteiger partial charge in [0.2, 0.25) is 5.91 Å². The molecule has 0 aromatic heterocycles. The van der Waals surface area contributed by atoms with Gasteiger partial charge in [0.25, 0.3) is 0 Å². The second kappa shape index (κ2) is 9.19. The number of carbonyl (C=O) groups excluding carboxylic acids is 1. The van der Waals surface area contributed by atoms with E-state index in [1.807, 2.05) is 13.8 Å². The molecule has 4 heteroatoms. The lowest BCUT2D eigenvalue weighted by molar-refractivity contribution is -0.136. The fourth-order valence-electron chi connectivity index (χ4n) is 4.30. The molecule has 2 fully saturated rings. The molecule has 2 rings (SSSR count). The number of piperidine rings is 1. The molecule has 0 spiro atoms. The summed E-state index contributed by atoms with van der Waals surface area (Å²) in [6.07, 6.45) is 3.61. The van der Waals surface area contributed by atoms with Crippen molar-refractivity contribution >= 4 is 5.91 Å². The highest BCUT2D eigenvalue weighted by atomic mass is 16.2. The first-order valence-corrected chi connectivity index (χ1v) is 10.2. The van der Waals surface area contributed by atoms with Gasteiger partial charge in [0.05, 0.1) is 0 Å². The van der Waals surface area contributed by atoms with E-state index < -0.39 is 0 Å². The van der Waals surface area contributed by atoms with E-state index in [1.165, 1.54) is 52.0 Å². The van der Waals surface area contributed by atoms with Crippen molar-refractivity contribution in [1.82, 2.24) is 14.7 Å². The minimum absolute atomic E-state index is 0.139. The average Bonchev–Trinajstić information content (AvgIpc) is 2.55. The van der Waals surface area contributed by atoms with Crippen molar-refractivity contribution in [2.24, 2.45) is 17.8 Å². The third-order valence-electron chi connectivity index (χ3n) is 5.70. The van der Waals surface area contributed by atoms with E-state index >= 15 is 0 Å². The molecule has 1 amide bonds. The number of amides is 1. The van der Waals surface area contributed by atoms with Crippen LogP contribution in [0.4, 0.5) is 0 Å². The number of hydrogen-bond acceptors (Lipinski definition) is 3. The van der Waals surface area contributed by atoms with Gasteiger partial charge in [-0.25, -0.2) is 0 Å². The lowest BCUT2D eigenvalue weighted by Gasteiger charge is -2.44. The summed E-state index contributed by atoms with van der Waals surface area (Å²) >= 11 is 0. The normalized spacial score (nSPS) is 25.0. The summed E-state index contributed by atoms with van der Waals surface area (Å²) in [5.41, 5.74) is 0. The molecule has 24 heavy (non-hydrogen) atoms. The molecule has 0 aliphatic carbocycles. The number of likely N-dealkylation sites (tertiary alicyclic amines) is 1. The summed E-state index contributed by atoms with van der Waals surface area (Å²) in [6.45, 7) is 19.1. The van der Waals surface area contributed by atoms with Gasteiger partial charge in [-0.15, -0.1) is 0 Å². The summed E-state index contributed by atoms with van der Waals surface area (Å²) in [5.74, 6) is 2.01. The van der Waals surface area contributed by atoms with Crippen LogP contribution in [0, 0.1) is 17.8 Å². The van der Waals surface area contributed by atoms with Crippen LogP contribution < -0.4 is 0 Å². The lowest BCUT2D eigenvalue weighted by atomic mass is 9.94. The maximum atomic E-state index is 12.1. The van der Waals surface area contributed by atoms with Crippen LogP contribution in [0.15, 0.2) is 0 Å². The second-order valence-electron chi connectivity index (χ2n) is 8.63. The van der Waals surface area contributed by atoms with Crippen LogP contribution in [0.5, 0.6) is 0 Å². The van der Waals surface area contributed by atoms with E-state index in [0.717, 1.165) is 24.9 Å². The molecule has 2 saturated heterocycles. The van der Waals surface area contributed by atoms with Crippen molar-refractivity contribution < 1.29 is 4.79 Å². The first-order valence-electron chi connectivity index (χ1n) is 10.2. The van der Waals surface area contributed by atoms with Gasteiger partial charge < -0.3 is 9.80 Å². The molecule has 2 heterocycles. The molecule has 0 N–H and O–H groups in total. The van der Waals surface area contributed by atoms with E-state index in [2.05, 4.69) is 35.5 Å². The van der Waals surface area contributed by atoms with Gasteiger partial charge in [-0.2, -0.15) is 0 Å². The molecule has 0 radical (unpaired) electrons. The third kappa shape index (κ3) is 5.45. The Bertz CT molecular complexity index is 388. The van der Waals surface area contributed by atoms with E-state index in [4.69, 9.17) is 0 Å². The molecule has 0 aromatic carbocycles. The maximum absolute atomic E-state index is 12.1. The highest BCUT2D eigenvalue weighted by Gasteiger charge is 2.30. The van der Waals surface area contributed by atoms with Crippen LogP contribution >= 0.6 is 0 Å². The molecular formula is C20H39N3O. The van der Waals surface area contributed by atoms with Gasteiger partial charge in [0.15, 0.2) is 0 Å². The predicted octanol–water partition coefficient (Wildman–Crippen LogP) is 2.93. The summed E-state index contributed by atoms with van der Waals surface area (Å²) < 4.78 is 0. The summed E-state index contributed by atoms with van der Waals surface area (Å²) in [5, 5.41) is 0. The van der Waals surface area contributed by atoms with Crippen LogP contribution in [0.3, 0.4) is 0 Å². The van der Waals surface area contributed by atoms with Gasteiger partial charge in [-0.3, -0.25) is 9.69 Å². The molecule has 0 bridgehead atoms. The number of nitrogens with zero attached hydrogens (tertiary/aromatic N) is 3. The van der Waals surface area contributed by atoms with Crippen LogP contribution in [0.1, 0.15) is 53.9 Å². The smallest absolute Gasteiger partial charge is 0.225 e. The van der Waals surface area contributed by atoms with Gasteiger partial charge in [-0.05, 0) is 31.1 Å². The van der Waals surface area contributed by atoms with Crippen molar-refractivity contribution in [3.63, 3.8) is 0 Å². The quantitative estimate of drug-likeness (QED) is 0.745. The van der Waals surface area contributed by atoms with Crippen LogP contribution in [0.2, 0.25) is 0 Å². The van der Waals surface area contributed by atoms with Crippen molar-refractivity contribution in [3.8, 4) is 0 Å². The zero-order valence-electron chi connectivity index (χ0n) is 16.6. The molecule has 1 atom stereocenters. The Labute approximate surface area is 149 Å². The molecule has 2 aliphatic rings. The van der Waals surface area contributed by atoms with Crippen molar-refractivity contribution in [3.05, 3.63) is 0 Å². The molecule has 0 aromatic rings. The molecule has 0 saturated carbocycles. The fourth-order valence-corrected chi connectivity index (χ4v) is 4.30. The molecule has 4 nitrogen and oxygen atoms in total. The fraction of sp³-hybridized carbons (Fsp3) is 0.950. The zero-order valence-corrected chi connectivity index (χ0v) is 16.6. The second-order valence-corrected chi connectivity index (χ2v) is 8.63. The number of hydrogen-bond donors (Lipinski definition) is 0. The minimum atomic E-state index is 0.139. The molecule has 2 aliphatic heterocycles. The Hall–Kier alpha value is -0.610. The van der Waals surface area contributed by atoms with E-state index in [9.17, 15) is 4.79 Å². The Morgan fingerprint density at radius 2 is 1.71 bits per heavy atom. The molecular weight excluding hydrogens is 298 g/mol. The topological polar surface area (TPSA) is 26.8 Å². The first-order chi connectivity index (χ1) is 11.4. The largest absolute Gasteiger partial charge is 0.342 e. The van der Waals surface area contributed by atoms with E-state index in [0.29, 0.717) is 11.9 Å². The lowest BCUT2D eigenvalue weighted by Crippen LogP contribution is -2.55. The Kier molecular flexibility index (Phi) is 7.55. The first kappa shape index (κ1) is 19.7. The van der Waals surface area contributed by atoms with E-state index in [-0.39, 0.29) is 5.92 Å². The maximum Gasteiger partial charge on any atom is 0.225 e. The highest BCUT2D eigenvalue weighted by molar-refractivity contribution is 5.78. The zero-order chi connectivity index (χ0) is 17.7. The van der Waals surface area contributed by atoms with Gasteiger partial charge in [0.1, 0.15) is 0 Å². The van der Waals surface area contributed by atoms with Crippen LogP contribution in [-0.2, 0) is 4.79 Å². The van der Waals surface area contributed by atoms with Gasteiger partial charge in [-0.1, -0.05) is 34.6 Å². The minimum Gasteiger partial charge on any atom is -0.342 e. The summed E-state index contributed by atoms with van der Waals surface area (Å²) in [4.78, 5) is 19.6. The number of rotatable bonds is 6. The van der Waals surface area contributed by atoms with Crippen LogP contribution in [0.25, 0.3) is 0 Å². The van der Waals surface area contributed by atoms with Crippen molar-refractivity contribution in [1.29, 1.82) is 0 Å².